The molecular weight excluding hydrogens is 112 g/mol. The molecule has 0 aliphatic carbocycles. The molecule has 1 rings (SSSR count). The van der Waals surface area contributed by atoms with Gasteiger partial charge in [-0.25, -0.2) is 10.4 Å². The Balaban J connectivity index is 1.83. The highest BCUT2D eigenvalue weighted by molar-refractivity contribution is 4.73. The Morgan fingerprint density at radius 2 is 2.11 bits per heavy atom. The monoisotopic (exact) mass is 128 g/mol. The average molecular weight is 128 g/mol. The molecule has 2 unspecified atom stereocenters. The topological polar surface area (TPSA) is 25.0 Å². The zero-order chi connectivity index (χ0) is 6.69. The first-order valence-electron chi connectivity index (χ1n) is 3.83. The molecule has 0 aromatic carbocycles. The summed E-state index contributed by atoms with van der Waals surface area (Å²) in [4.78, 5) is 0. The Morgan fingerprint density at radius 3 is 2.56 bits per heavy atom. The van der Waals surface area contributed by atoms with Gasteiger partial charge in [0.2, 0.25) is 0 Å². The lowest BCUT2D eigenvalue weighted by Gasteiger charge is -1.92. The second-order valence-electron chi connectivity index (χ2n) is 2.75. The Hall–Kier alpha value is -0.0800. The summed E-state index contributed by atoms with van der Waals surface area (Å²) >= 11 is 0. The molecule has 0 aromatic rings. The Morgan fingerprint density at radius 1 is 1.44 bits per heavy atom. The highest BCUT2D eigenvalue weighted by Gasteiger charge is 2.26. The normalized spacial score (nSPS) is 32.7. The van der Waals surface area contributed by atoms with Crippen molar-refractivity contribution >= 4 is 0 Å². The molecule has 2 heteroatoms. The summed E-state index contributed by atoms with van der Waals surface area (Å²) in [5, 5.41) is 2.16. The van der Waals surface area contributed by atoms with Crippen molar-refractivity contribution in [3.63, 3.8) is 0 Å². The zero-order valence-corrected chi connectivity index (χ0v) is 6.35. The van der Waals surface area contributed by atoms with Crippen LogP contribution >= 0.6 is 0 Å². The first-order chi connectivity index (χ1) is 4.34. The summed E-state index contributed by atoms with van der Waals surface area (Å²) in [5.74, 6) is 0. The second-order valence-corrected chi connectivity index (χ2v) is 2.75. The van der Waals surface area contributed by atoms with E-state index in [2.05, 4.69) is 24.4 Å². The van der Waals surface area contributed by atoms with Gasteiger partial charge in [-0.3, -0.25) is 0 Å². The molecule has 1 saturated heterocycles. The van der Waals surface area contributed by atoms with Crippen molar-refractivity contribution in [1.29, 1.82) is 0 Å². The molecular formula is C7H16N2. The number of nitrogens with one attached hydrogen (secondary N) is 1. The molecule has 2 atom stereocenters. The minimum atomic E-state index is 0.705. The average Bonchev–Trinajstić information content (AvgIpc) is 2.48. The number of rotatable bonds is 4. The van der Waals surface area contributed by atoms with E-state index in [1.54, 1.807) is 0 Å². The minimum absolute atomic E-state index is 0.705. The van der Waals surface area contributed by atoms with Gasteiger partial charge < -0.3 is 0 Å². The predicted octanol–water partition coefficient (Wildman–Crippen LogP) is 1.34. The zero-order valence-electron chi connectivity index (χ0n) is 6.35. The molecule has 1 aliphatic rings. The lowest BCUT2D eigenvalue weighted by atomic mass is 10.2. The summed E-state index contributed by atoms with van der Waals surface area (Å²) in [6, 6.07) is 0. The Labute approximate surface area is 57.2 Å². The number of nitrogens with zero attached hydrogens (tertiary/aromatic N) is 1. The van der Waals surface area contributed by atoms with E-state index >= 15 is 0 Å². The first-order valence-corrected chi connectivity index (χ1v) is 3.83. The van der Waals surface area contributed by atoms with E-state index in [1.807, 2.05) is 0 Å². The molecule has 1 fully saturated rings. The van der Waals surface area contributed by atoms with E-state index in [0.717, 1.165) is 0 Å². The van der Waals surface area contributed by atoms with Crippen molar-refractivity contribution < 1.29 is 0 Å². The molecule has 9 heavy (non-hydrogen) atoms. The molecule has 0 saturated carbocycles. The van der Waals surface area contributed by atoms with Crippen LogP contribution in [0.5, 0.6) is 0 Å². The highest BCUT2D eigenvalue weighted by Crippen LogP contribution is 2.13. The van der Waals surface area contributed by atoms with E-state index in [0.29, 0.717) is 6.17 Å². The maximum Gasteiger partial charge on any atom is 0.0860 e. The fourth-order valence-electron chi connectivity index (χ4n) is 1.05. The van der Waals surface area contributed by atoms with Crippen LogP contribution in [0, 0.1) is 0 Å². The molecule has 0 spiro atoms. The van der Waals surface area contributed by atoms with Crippen molar-refractivity contribution in [3.05, 3.63) is 0 Å². The molecule has 0 radical (unpaired) electrons. The van der Waals surface area contributed by atoms with E-state index in [4.69, 9.17) is 0 Å². The third-order valence-corrected chi connectivity index (χ3v) is 1.83. The van der Waals surface area contributed by atoms with Crippen molar-refractivity contribution in [2.24, 2.45) is 0 Å². The number of hydrogen-bond donors (Lipinski definition) is 1. The van der Waals surface area contributed by atoms with Gasteiger partial charge in [-0.15, -0.1) is 0 Å². The molecule has 1 aliphatic heterocycles. The Kier molecular flexibility index (Phi) is 2.49. The van der Waals surface area contributed by atoms with Crippen molar-refractivity contribution in [3.8, 4) is 0 Å². The third kappa shape index (κ3) is 2.33. The van der Waals surface area contributed by atoms with Gasteiger partial charge in [0.1, 0.15) is 0 Å². The van der Waals surface area contributed by atoms with Gasteiger partial charge in [-0.1, -0.05) is 26.2 Å². The van der Waals surface area contributed by atoms with Crippen LogP contribution in [-0.2, 0) is 0 Å². The quantitative estimate of drug-likeness (QED) is 0.456. The van der Waals surface area contributed by atoms with E-state index in [-0.39, 0.29) is 0 Å². The minimum Gasteiger partial charge on any atom is -0.235 e. The number of unbranched alkanes of at least 4 members (excludes halogenated alkanes) is 2. The smallest absolute Gasteiger partial charge is 0.0860 e. The second kappa shape index (κ2) is 3.18. The van der Waals surface area contributed by atoms with E-state index < -0.39 is 0 Å². The fourth-order valence-corrected chi connectivity index (χ4v) is 1.05. The van der Waals surface area contributed by atoms with Crippen LogP contribution in [0.1, 0.15) is 32.6 Å². The van der Waals surface area contributed by atoms with Gasteiger partial charge in [0, 0.05) is 7.05 Å². The highest BCUT2D eigenvalue weighted by atomic mass is 15.7. The fraction of sp³-hybridized carbons (Fsp3) is 1.00. The van der Waals surface area contributed by atoms with Crippen LogP contribution in [0.2, 0.25) is 0 Å². The maximum atomic E-state index is 3.22. The van der Waals surface area contributed by atoms with Gasteiger partial charge in [-0.2, -0.15) is 0 Å². The molecule has 54 valence electrons. The van der Waals surface area contributed by atoms with Crippen LogP contribution in [0.3, 0.4) is 0 Å². The standard InChI is InChI=1S/C7H16N2/c1-3-4-5-6-7-8-9(7)2/h7-8H,3-6H2,1-2H3. The Bertz CT molecular complexity index is 83.0. The molecule has 0 amide bonds. The van der Waals surface area contributed by atoms with E-state index in [9.17, 15) is 0 Å². The first kappa shape index (κ1) is 7.03. The molecule has 2 nitrogen and oxygen atoms in total. The van der Waals surface area contributed by atoms with Gasteiger partial charge in [0.25, 0.3) is 0 Å². The van der Waals surface area contributed by atoms with Crippen LogP contribution < -0.4 is 5.43 Å². The van der Waals surface area contributed by atoms with Crippen LogP contribution in [-0.4, -0.2) is 18.2 Å². The van der Waals surface area contributed by atoms with Crippen molar-refractivity contribution in [1.82, 2.24) is 10.4 Å². The summed E-state index contributed by atoms with van der Waals surface area (Å²) in [7, 11) is 2.09. The summed E-state index contributed by atoms with van der Waals surface area (Å²) in [5.41, 5.74) is 3.22. The lowest BCUT2D eigenvalue weighted by molar-refractivity contribution is 0.547. The molecule has 0 bridgehead atoms. The SMILES string of the molecule is CCCCCC1NN1C. The maximum absolute atomic E-state index is 3.22. The van der Waals surface area contributed by atoms with Gasteiger partial charge in [0.05, 0.1) is 6.17 Å². The summed E-state index contributed by atoms with van der Waals surface area (Å²) in [6.45, 7) is 2.24. The summed E-state index contributed by atoms with van der Waals surface area (Å²) in [6.07, 6.45) is 6.11. The van der Waals surface area contributed by atoms with Crippen molar-refractivity contribution in [2.75, 3.05) is 7.05 Å². The van der Waals surface area contributed by atoms with Gasteiger partial charge in [-0.05, 0) is 6.42 Å². The molecule has 1 N–H and O–H groups in total. The molecule has 1 heterocycles. The largest absolute Gasteiger partial charge is 0.235 e. The van der Waals surface area contributed by atoms with Crippen LogP contribution in [0.25, 0.3) is 0 Å². The van der Waals surface area contributed by atoms with Crippen LogP contribution in [0.15, 0.2) is 0 Å². The van der Waals surface area contributed by atoms with E-state index in [1.165, 1.54) is 25.7 Å². The molecule has 0 aromatic heterocycles. The number of hydrogen-bond acceptors (Lipinski definition) is 2. The predicted molar refractivity (Wildman–Crippen MR) is 38.8 cm³/mol. The van der Waals surface area contributed by atoms with Gasteiger partial charge >= 0.3 is 0 Å². The lowest BCUT2D eigenvalue weighted by Crippen LogP contribution is -1.93. The summed E-state index contributed by atoms with van der Waals surface area (Å²) < 4.78 is 0. The van der Waals surface area contributed by atoms with Crippen molar-refractivity contribution in [2.45, 2.75) is 38.8 Å². The number of hydrazine groups is 1. The van der Waals surface area contributed by atoms with Crippen LogP contribution in [0.4, 0.5) is 0 Å². The van der Waals surface area contributed by atoms with Gasteiger partial charge in [0.15, 0.2) is 0 Å². The third-order valence-electron chi connectivity index (χ3n) is 1.83.